The number of rotatable bonds is 10. The van der Waals surface area contributed by atoms with Gasteiger partial charge >= 0.3 is 18.2 Å². The van der Waals surface area contributed by atoms with Crippen LogP contribution in [0, 0.1) is 0 Å². The number of hydrogen-bond donors (Lipinski definition) is 6. The minimum Gasteiger partial charge on any atom is -0.480 e. The Morgan fingerprint density at radius 2 is 1.11 bits per heavy atom. The van der Waals surface area contributed by atoms with Crippen LogP contribution in [-0.4, -0.2) is 92.3 Å². The van der Waals surface area contributed by atoms with Gasteiger partial charge in [0.1, 0.15) is 19.3 Å². The van der Waals surface area contributed by atoms with E-state index in [2.05, 4.69) is 20.7 Å². The molecule has 16 heteroatoms. The molecule has 16 nitrogen and oxygen atoms in total. The van der Waals surface area contributed by atoms with Gasteiger partial charge in [0.05, 0.1) is 12.6 Å². The zero-order chi connectivity index (χ0) is 43.1. The third kappa shape index (κ3) is 11.6. The maximum atomic E-state index is 12.7. The van der Waals surface area contributed by atoms with Crippen molar-refractivity contribution in [1.82, 2.24) is 30.5 Å². The molecular formula is C45H47N7O9. The summed E-state index contributed by atoms with van der Waals surface area (Å²) in [4.78, 5) is 80.3. The number of aromatic amines is 2. The van der Waals surface area contributed by atoms with Crippen molar-refractivity contribution in [2.75, 3.05) is 19.6 Å². The number of carbonyl (C=O) groups is 6. The van der Waals surface area contributed by atoms with Gasteiger partial charge in [-0.05, 0) is 85.3 Å². The van der Waals surface area contributed by atoms with E-state index in [-0.39, 0.29) is 37.4 Å². The lowest BCUT2D eigenvalue weighted by atomic mass is 10.1. The van der Waals surface area contributed by atoms with Crippen molar-refractivity contribution in [2.24, 2.45) is 5.84 Å². The molecule has 2 saturated heterocycles. The number of carboxylic acids is 1. The van der Waals surface area contributed by atoms with Crippen LogP contribution in [0.25, 0.3) is 21.8 Å². The van der Waals surface area contributed by atoms with Crippen LogP contribution in [0.1, 0.15) is 57.5 Å². The van der Waals surface area contributed by atoms with Crippen molar-refractivity contribution in [2.45, 2.75) is 51.0 Å². The first-order chi connectivity index (χ1) is 29.6. The van der Waals surface area contributed by atoms with Gasteiger partial charge in [-0.1, -0.05) is 60.7 Å². The second-order valence-corrected chi connectivity index (χ2v) is 14.3. The number of carbonyl (C=O) groups excluding carboxylic acids is 5. The molecule has 6 aromatic rings. The number of aromatic nitrogens is 2. The highest BCUT2D eigenvalue weighted by molar-refractivity contribution is 6.01. The number of amides is 4. The number of ether oxygens (including phenoxy) is 2. The van der Waals surface area contributed by atoms with Gasteiger partial charge in [0.25, 0.3) is 11.8 Å². The average molecular weight is 830 g/mol. The van der Waals surface area contributed by atoms with Crippen molar-refractivity contribution >= 4 is 57.6 Å². The molecule has 2 atom stereocenters. The summed E-state index contributed by atoms with van der Waals surface area (Å²) in [5.41, 5.74) is 6.87. The summed E-state index contributed by atoms with van der Waals surface area (Å²) < 4.78 is 10.5. The molecule has 61 heavy (non-hydrogen) atoms. The Hall–Kier alpha value is -7.46. The molecular weight excluding hydrogens is 783 g/mol. The molecule has 7 N–H and O–H groups in total. The Labute approximate surface area is 351 Å². The summed E-state index contributed by atoms with van der Waals surface area (Å²) >= 11 is 0. The van der Waals surface area contributed by atoms with Crippen molar-refractivity contribution in [1.29, 1.82) is 0 Å². The Kier molecular flexibility index (Phi) is 14.8. The SMILES string of the molecule is NNC(=O)c1ccc2[nH]ccc2c1.O=C(NCC(=O)[C@@H]1CCCN1C(=O)OCc1ccccc1)c1ccc2[nH]ccc2c1.O=C(O)[C@@H]1CCCN1C(=O)OCc1ccccc1. The molecule has 4 aromatic carbocycles. The molecule has 0 aliphatic carbocycles. The molecule has 4 heterocycles. The van der Waals surface area contributed by atoms with Crippen LogP contribution in [0.2, 0.25) is 0 Å². The van der Waals surface area contributed by atoms with E-state index in [9.17, 15) is 28.8 Å². The third-order valence-corrected chi connectivity index (χ3v) is 10.2. The van der Waals surface area contributed by atoms with E-state index in [1.807, 2.05) is 91.1 Å². The lowest BCUT2D eigenvalue weighted by molar-refractivity contribution is -0.141. The fourth-order valence-corrected chi connectivity index (χ4v) is 7.03. The number of aliphatic carboxylic acids is 1. The van der Waals surface area contributed by atoms with E-state index in [0.717, 1.165) is 39.4 Å². The van der Waals surface area contributed by atoms with Gasteiger partial charge in [-0.25, -0.2) is 20.2 Å². The highest BCUT2D eigenvalue weighted by Crippen LogP contribution is 2.21. The Balaban J connectivity index is 0.000000170. The molecule has 0 bridgehead atoms. The number of nitrogens with one attached hydrogen (secondary N) is 4. The van der Waals surface area contributed by atoms with E-state index >= 15 is 0 Å². The van der Waals surface area contributed by atoms with Crippen molar-refractivity contribution in [3.63, 3.8) is 0 Å². The average Bonchev–Trinajstić information content (AvgIpc) is 4.14. The quantitative estimate of drug-likeness (QED) is 0.0543. The zero-order valence-corrected chi connectivity index (χ0v) is 33.3. The van der Waals surface area contributed by atoms with Gasteiger partial charge in [0.2, 0.25) is 0 Å². The molecule has 2 aromatic heterocycles. The first-order valence-electron chi connectivity index (χ1n) is 19.7. The summed E-state index contributed by atoms with van der Waals surface area (Å²) in [6, 6.07) is 31.8. The standard InChI is InChI=1S/C23H23N3O4.C13H15NO4.C9H9N3O/c27-21(14-25-22(28)18-8-9-19-17(13-18)10-11-24-19)20-7-4-12-26(20)23(29)30-15-16-5-2-1-3-6-16;15-12(16)11-7-4-8-14(11)13(17)18-9-10-5-2-1-3-6-10;10-12-9(13)7-1-2-8-6(5-7)3-4-11-8/h1-3,5-6,8-11,13,20,24H,4,7,12,14-15H2,(H,25,28);1-3,5-6,11H,4,7-9H2,(H,15,16);1-5,11H,10H2,(H,12,13)/t20-;11-;/m00./s1. The number of nitrogen functional groups attached to an aromatic ring is 1. The first-order valence-corrected chi connectivity index (χ1v) is 19.7. The van der Waals surface area contributed by atoms with Crippen LogP contribution in [0.4, 0.5) is 9.59 Å². The van der Waals surface area contributed by atoms with E-state index in [1.165, 1.54) is 9.80 Å². The Morgan fingerprint density at radius 1 is 0.639 bits per heavy atom. The minimum atomic E-state index is -0.968. The molecule has 0 radical (unpaired) electrons. The Bertz CT molecular complexity index is 2450. The van der Waals surface area contributed by atoms with E-state index in [4.69, 9.17) is 20.4 Å². The number of ketones is 1. The molecule has 8 rings (SSSR count). The topological polar surface area (TPSA) is 229 Å². The summed E-state index contributed by atoms with van der Waals surface area (Å²) in [6.45, 7) is 1.13. The number of likely N-dealkylation sites (tertiary alicyclic amines) is 2. The van der Waals surface area contributed by atoms with Crippen molar-refractivity contribution in [3.8, 4) is 0 Å². The number of Topliss-reactive ketones (excluding diaryl/α,β-unsaturated/α-hetero) is 1. The van der Waals surface area contributed by atoms with Crippen LogP contribution < -0.4 is 16.6 Å². The Morgan fingerprint density at radius 3 is 1.61 bits per heavy atom. The van der Waals surface area contributed by atoms with Gasteiger partial charge in [-0.2, -0.15) is 0 Å². The second kappa shape index (κ2) is 21.0. The smallest absolute Gasteiger partial charge is 0.410 e. The van der Waals surface area contributed by atoms with Gasteiger partial charge in [-0.15, -0.1) is 0 Å². The lowest BCUT2D eigenvalue weighted by Gasteiger charge is -2.23. The maximum absolute atomic E-state index is 12.7. The third-order valence-electron chi connectivity index (χ3n) is 10.2. The van der Waals surface area contributed by atoms with Crippen molar-refractivity contribution in [3.05, 3.63) is 144 Å². The van der Waals surface area contributed by atoms with E-state index in [1.54, 1.807) is 30.5 Å². The molecule has 0 saturated carbocycles. The summed E-state index contributed by atoms with van der Waals surface area (Å²) in [7, 11) is 0. The summed E-state index contributed by atoms with van der Waals surface area (Å²) in [6.07, 6.45) is 5.09. The van der Waals surface area contributed by atoms with Crippen LogP contribution in [-0.2, 0) is 32.3 Å². The molecule has 2 aliphatic rings. The van der Waals surface area contributed by atoms with Crippen LogP contribution in [0.3, 0.4) is 0 Å². The van der Waals surface area contributed by atoms with Crippen LogP contribution in [0.15, 0.2) is 122 Å². The number of hydrogen-bond acceptors (Lipinski definition) is 9. The molecule has 0 spiro atoms. The molecule has 316 valence electrons. The van der Waals surface area contributed by atoms with Gasteiger partial charge < -0.3 is 29.9 Å². The second-order valence-electron chi connectivity index (χ2n) is 14.3. The predicted molar refractivity (Wildman–Crippen MR) is 226 cm³/mol. The molecule has 2 fully saturated rings. The van der Waals surface area contributed by atoms with Crippen molar-refractivity contribution < 1.29 is 43.3 Å². The summed E-state index contributed by atoms with van der Waals surface area (Å²) in [5, 5.41) is 13.6. The molecule has 4 amide bonds. The normalized spacial score (nSPS) is 15.5. The molecule has 2 aliphatic heterocycles. The largest absolute Gasteiger partial charge is 0.480 e. The number of benzene rings is 4. The maximum Gasteiger partial charge on any atom is 0.410 e. The van der Waals surface area contributed by atoms with E-state index < -0.39 is 30.2 Å². The highest BCUT2D eigenvalue weighted by atomic mass is 16.6. The number of fused-ring (bicyclic) bond motifs is 2. The highest BCUT2D eigenvalue weighted by Gasteiger charge is 2.36. The lowest BCUT2D eigenvalue weighted by Crippen LogP contribution is -2.45. The van der Waals surface area contributed by atoms with E-state index in [0.29, 0.717) is 43.5 Å². The summed E-state index contributed by atoms with van der Waals surface area (Å²) in [5.74, 6) is 3.26. The zero-order valence-electron chi connectivity index (χ0n) is 33.3. The first kappa shape index (κ1) is 43.1. The number of hydrazine groups is 1. The monoisotopic (exact) mass is 829 g/mol. The number of nitrogens with two attached hydrogens (primary N) is 1. The fourth-order valence-electron chi connectivity index (χ4n) is 7.03. The number of H-pyrrole nitrogens is 2. The van der Waals surface area contributed by atoms with Crippen LogP contribution >= 0.6 is 0 Å². The van der Waals surface area contributed by atoms with Gasteiger partial charge in [0.15, 0.2) is 5.78 Å². The number of nitrogens with zero attached hydrogens (tertiary/aromatic N) is 2. The van der Waals surface area contributed by atoms with Crippen LogP contribution in [0.5, 0.6) is 0 Å². The van der Waals surface area contributed by atoms with Gasteiger partial charge in [0, 0.05) is 58.4 Å². The number of carboxylic acid groups (broad SMARTS) is 1. The minimum absolute atomic E-state index is 0.128. The van der Waals surface area contributed by atoms with Gasteiger partial charge in [-0.3, -0.25) is 29.6 Å². The molecule has 0 unspecified atom stereocenters. The predicted octanol–water partition coefficient (Wildman–Crippen LogP) is 5.91. The fraction of sp³-hybridized carbons (Fsp3) is 0.244.